The van der Waals surface area contributed by atoms with E-state index in [0.29, 0.717) is 5.15 Å². The summed E-state index contributed by atoms with van der Waals surface area (Å²) in [6, 6.07) is 4.11. The molecule has 4 heteroatoms. The van der Waals surface area contributed by atoms with Gasteiger partial charge in [0.15, 0.2) is 0 Å². The molecule has 1 aromatic rings. The highest BCUT2D eigenvalue weighted by Crippen LogP contribution is 2.14. The van der Waals surface area contributed by atoms with Gasteiger partial charge in [0.1, 0.15) is 5.15 Å². The van der Waals surface area contributed by atoms with Crippen molar-refractivity contribution in [1.29, 1.82) is 0 Å². The number of nitrogens with two attached hydrogens (primary N) is 1. The van der Waals surface area contributed by atoms with Crippen molar-refractivity contribution in [2.45, 2.75) is 18.7 Å². The standard InChI is InChI=1S/C9H13ClN2S/c1-7(11)5-13-6-8-2-3-12-9(10)4-8/h2-4,7H,5-6,11H2,1H3. The van der Waals surface area contributed by atoms with Crippen molar-refractivity contribution in [3.8, 4) is 0 Å². The number of pyridine rings is 1. The summed E-state index contributed by atoms with van der Waals surface area (Å²) in [7, 11) is 0. The first kappa shape index (κ1) is 10.8. The van der Waals surface area contributed by atoms with Crippen LogP contribution in [0.25, 0.3) is 0 Å². The quantitative estimate of drug-likeness (QED) is 0.786. The van der Waals surface area contributed by atoms with Crippen LogP contribution in [0.2, 0.25) is 5.15 Å². The van der Waals surface area contributed by atoms with Crippen LogP contribution < -0.4 is 5.73 Å². The Morgan fingerprint density at radius 1 is 1.69 bits per heavy atom. The number of hydrogen-bond donors (Lipinski definition) is 1. The molecule has 0 fully saturated rings. The Bertz CT molecular complexity index is 266. The summed E-state index contributed by atoms with van der Waals surface area (Å²) in [4.78, 5) is 3.91. The van der Waals surface area contributed by atoms with Gasteiger partial charge in [0.25, 0.3) is 0 Å². The summed E-state index contributed by atoms with van der Waals surface area (Å²) in [6.07, 6.45) is 1.73. The molecule has 0 aromatic carbocycles. The zero-order valence-corrected chi connectivity index (χ0v) is 9.11. The Kier molecular flexibility index (Phi) is 4.56. The minimum Gasteiger partial charge on any atom is -0.327 e. The number of halogens is 1. The predicted molar refractivity (Wildman–Crippen MR) is 59.1 cm³/mol. The number of hydrogen-bond acceptors (Lipinski definition) is 3. The normalized spacial score (nSPS) is 12.8. The van der Waals surface area contributed by atoms with E-state index < -0.39 is 0 Å². The van der Waals surface area contributed by atoms with Crippen LogP contribution in [0.3, 0.4) is 0 Å². The molecule has 13 heavy (non-hydrogen) atoms. The van der Waals surface area contributed by atoms with Gasteiger partial charge in [-0.05, 0) is 24.6 Å². The average Bonchev–Trinajstić information content (AvgIpc) is 2.03. The van der Waals surface area contributed by atoms with E-state index in [2.05, 4.69) is 4.98 Å². The molecule has 0 aliphatic carbocycles. The van der Waals surface area contributed by atoms with Crippen LogP contribution in [0.4, 0.5) is 0 Å². The monoisotopic (exact) mass is 216 g/mol. The Balaban J connectivity index is 2.37. The van der Waals surface area contributed by atoms with Crippen LogP contribution >= 0.6 is 23.4 Å². The van der Waals surface area contributed by atoms with Crippen molar-refractivity contribution < 1.29 is 0 Å². The third kappa shape index (κ3) is 4.50. The van der Waals surface area contributed by atoms with Crippen LogP contribution in [-0.2, 0) is 5.75 Å². The summed E-state index contributed by atoms with van der Waals surface area (Å²) < 4.78 is 0. The van der Waals surface area contributed by atoms with E-state index in [9.17, 15) is 0 Å². The topological polar surface area (TPSA) is 38.9 Å². The maximum Gasteiger partial charge on any atom is 0.129 e. The molecule has 1 unspecified atom stereocenters. The van der Waals surface area contributed by atoms with Gasteiger partial charge in [-0.25, -0.2) is 4.98 Å². The Labute approximate surface area is 87.9 Å². The zero-order valence-electron chi connectivity index (χ0n) is 7.53. The van der Waals surface area contributed by atoms with Gasteiger partial charge >= 0.3 is 0 Å². The van der Waals surface area contributed by atoms with E-state index in [1.165, 1.54) is 5.56 Å². The predicted octanol–water partition coefficient (Wildman–Crippen LogP) is 2.32. The molecule has 0 amide bonds. The molecule has 0 radical (unpaired) electrons. The average molecular weight is 217 g/mol. The maximum absolute atomic E-state index is 5.74. The molecule has 0 saturated carbocycles. The van der Waals surface area contributed by atoms with Crippen molar-refractivity contribution in [3.63, 3.8) is 0 Å². The van der Waals surface area contributed by atoms with Gasteiger partial charge in [-0.3, -0.25) is 0 Å². The zero-order chi connectivity index (χ0) is 9.68. The highest BCUT2D eigenvalue weighted by molar-refractivity contribution is 7.98. The molecule has 0 aliphatic rings. The summed E-state index contributed by atoms with van der Waals surface area (Å²) in [5.74, 6) is 1.92. The van der Waals surface area contributed by atoms with Crippen molar-refractivity contribution in [3.05, 3.63) is 29.0 Å². The first-order chi connectivity index (χ1) is 6.18. The van der Waals surface area contributed by atoms with Gasteiger partial charge in [0.05, 0.1) is 0 Å². The number of thioether (sulfide) groups is 1. The van der Waals surface area contributed by atoms with Gasteiger partial charge in [0, 0.05) is 23.7 Å². The third-order valence-corrected chi connectivity index (χ3v) is 2.95. The van der Waals surface area contributed by atoms with Gasteiger partial charge < -0.3 is 5.73 Å². The number of aromatic nitrogens is 1. The molecular weight excluding hydrogens is 204 g/mol. The van der Waals surface area contributed by atoms with Gasteiger partial charge in [-0.1, -0.05) is 11.6 Å². The van der Waals surface area contributed by atoms with E-state index in [1.807, 2.05) is 30.8 Å². The summed E-state index contributed by atoms with van der Waals surface area (Å²) in [6.45, 7) is 2.01. The van der Waals surface area contributed by atoms with E-state index in [1.54, 1.807) is 6.20 Å². The van der Waals surface area contributed by atoms with Crippen molar-refractivity contribution in [2.75, 3.05) is 5.75 Å². The van der Waals surface area contributed by atoms with E-state index in [4.69, 9.17) is 17.3 Å². The van der Waals surface area contributed by atoms with Crippen molar-refractivity contribution in [2.24, 2.45) is 5.73 Å². The second-order valence-electron chi connectivity index (χ2n) is 2.98. The lowest BCUT2D eigenvalue weighted by atomic mass is 10.3. The fourth-order valence-corrected chi connectivity index (χ4v) is 2.00. The molecule has 1 heterocycles. The molecule has 0 aliphatic heterocycles. The van der Waals surface area contributed by atoms with E-state index in [-0.39, 0.29) is 6.04 Å². The first-order valence-electron chi connectivity index (χ1n) is 4.12. The van der Waals surface area contributed by atoms with Gasteiger partial charge in [0.2, 0.25) is 0 Å². The molecule has 2 nitrogen and oxygen atoms in total. The molecule has 0 bridgehead atoms. The lowest BCUT2D eigenvalue weighted by Gasteiger charge is -2.04. The number of rotatable bonds is 4. The highest BCUT2D eigenvalue weighted by Gasteiger charge is 1.97. The van der Waals surface area contributed by atoms with Gasteiger partial charge in [-0.15, -0.1) is 0 Å². The summed E-state index contributed by atoms with van der Waals surface area (Å²) in [5, 5.41) is 0.555. The second kappa shape index (κ2) is 5.47. The summed E-state index contributed by atoms with van der Waals surface area (Å²) >= 11 is 7.55. The maximum atomic E-state index is 5.74. The minimum atomic E-state index is 0.252. The first-order valence-corrected chi connectivity index (χ1v) is 5.65. The third-order valence-electron chi connectivity index (χ3n) is 1.44. The summed E-state index contributed by atoms with van der Waals surface area (Å²) in [5.41, 5.74) is 6.83. The molecular formula is C9H13ClN2S. The number of nitrogens with zero attached hydrogens (tertiary/aromatic N) is 1. The largest absolute Gasteiger partial charge is 0.327 e. The Hall–Kier alpha value is -0.250. The highest BCUT2D eigenvalue weighted by atomic mass is 35.5. The Morgan fingerprint density at radius 3 is 3.08 bits per heavy atom. The van der Waals surface area contributed by atoms with E-state index >= 15 is 0 Å². The molecule has 1 rings (SSSR count). The van der Waals surface area contributed by atoms with Crippen LogP contribution in [0.5, 0.6) is 0 Å². The molecule has 1 aromatic heterocycles. The second-order valence-corrected chi connectivity index (χ2v) is 4.40. The molecule has 2 N–H and O–H groups in total. The molecule has 0 spiro atoms. The van der Waals surface area contributed by atoms with Crippen LogP contribution in [0.15, 0.2) is 18.3 Å². The molecule has 1 atom stereocenters. The van der Waals surface area contributed by atoms with Crippen molar-refractivity contribution >= 4 is 23.4 Å². The fraction of sp³-hybridized carbons (Fsp3) is 0.444. The lowest BCUT2D eigenvalue weighted by molar-refractivity contribution is 0.847. The minimum absolute atomic E-state index is 0.252. The van der Waals surface area contributed by atoms with Gasteiger partial charge in [-0.2, -0.15) is 11.8 Å². The van der Waals surface area contributed by atoms with E-state index in [0.717, 1.165) is 11.5 Å². The fourth-order valence-electron chi connectivity index (χ4n) is 0.895. The molecule has 72 valence electrons. The molecule has 0 saturated heterocycles. The van der Waals surface area contributed by atoms with Crippen LogP contribution in [0, 0.1) is 0 Å². The smallest absolute Gasteiger partial charge is 0.129 e. The van der Waals surface area contributed by atoms with Crippen LogP contribution in [-0.4, -0.2) is 16.8 Å². The van der Waals surface area contributed by atoms with Crippen molar-refractivity contribution in [1.82, 2.24) is 4.98 Å². The Morgan fingerprint density at radius 2 is 2.46 bits per heavy atom. The lowest BCUT2D eigenvalue weighted by Crippen LogP contribution is -2.17. The van der Waals surface area contributed by atoms with Crippen LogP contribution in [0.1, 0.15) is 12.5 Å². The SMILES string of the molecule is CC(N)CSCc1ccnc(Cl)c1.